The van der Waals surface area contributed by atoms with Crippen LogP contribution >= 0.6 is 12.2 Å². The van der Waals surface area contributed by atoms with Crippen LogP contribution in [0.1, 0.15) is 42.2 Å². The largest absolute Gasteiger partial charge is 0.496 e. The zero-order valence-corrected chi connectivity index (χ0v) is 16.7. The van der Waals surface area contributed by atoms with Gasteiger partial charge in [-0.1, -0.05) is 55.5 Å². The van der Waals surface area contributed by atoms with Crippen molar-refractivity contribution in [3.63, 3.8) is 0 Å². The number of rotatable bonds is 6. The molecule has 1 heterocycles. The summed E-state index contributed by atoms with van der Waals surface area (Å²) in [4.78, 5) is 15.5. The first-order chi connectivity index (χ1) is 13.1. The molecule has 5 heteroatoms. The molecule has 1 aliphatic heterocycles. The van der Waals surface area contributed by atoms with Gasteiger partial charge in [-0.25, -0.2) is 0 Å². The predicted octanol–water partition coefficient (Wildman–Crippen LogP) is 4.49. The quantitative estimate of drug-likeness (QED) is 0.591. The fourth-order valence-corrected chi connectivity index (χ4v) is 3.80. The van der Waals surface area contributed by atoms with Crippen molar-refractivity contribution in [1.82, 2.24) is 10.2 Å². The molecule has 27 heavy (non-hydrogen) atoms. The van der Waals surface area contributed by atoms with Crippen LogP contribution < -0.4 is 10.1 Å². The molecule has 0 aliphatic carbocycles. The molecule has 1 N–H and O–H groups in total. The molecule has 2 aromatic carbocycles. The van der Waals surface area contributed by atoms with E-state index in [0.717, 1.165) is 30.0 Å². The van der Waals surface area contributed by atoms with Crippen molar-refractivity contribution >= 4 is 23.1 Å². The Morgan fingerprint density at radius 1 is 1.15 bits per heavy atom. The number of ether oxygens (including phenoxy) is 1. The Kier molecular flexibility index (Phi) is 5.91. The van der Waals surface area contributed by atoms with Crippen LogP contribution in [-0.4, -0.2) is 29.5 Å². The molecule has 1 atom stereocenters. The maximum absolute atomic E-state index is 13.4. The third-order valence-corrected chi connectivity index (χ3v) is 5.11. The summed E-state index contributed by atoms with van der Waals surface area (Å²) in [5, 5.41) is 4.01. The molecular weight excluding hydrogens is 356 g/mol. The maximum atomic E-state index is 13.4. The molecule has 2 aromatic rings. The minimum absolute atomic E-state index is 0.000101. The Morgan fingerprint density at radius 2 is 1.81 bits per heavy atom. The van der Waals surface area contributed by atoms with Crippen LogP contribution in [0, 0.1) is 0 Å². The molecule has 0 radical (unpaired) electrons. The number of hydrogen-bond acceptors (Lipinski definition) is 3. The highest BCUT2D eigenvalue weighted by molar-refractivity contribution is 7.80. The van der Waals surface area contributed by atoms with E-state index < -0.39 is 0 Å². The molecule has 1 aliphatic rings. The second-order valence-electron chi connectivity index (χ2n) is 6.47. The first-order valence-corrected chi connectivity index (χ1v) is 9.50. The molecule has 4 nitrogen and oxygen atoms in total. The van der Waals surface area contributed by atoms with Gasteiger partial charge in [-0.15, -0.1) is 0 Å². The summed E-state index contributed by atoms with van der Waals surface area (Å²) >= 11 is 5.61. The van der Waals surface area contributed by atoms with Crippen LogP contribution in [0.4, 0.5) is 0 Å². The number of methoxy groups -OCH3 is 1. The first-order valence-electron chi connectivity index (χ1n) is 9.10. The molecular formula is C22H24N2O2S. The van der Waals surface area contributed by atoms with E-state index in [4.69, 9.17) is 17.0 Å². The number of nitrogens with one attached hydrogen (secondary N) is 1. The topological polar surface area (TPSA) is 41.6 Å². The van der Waals surface area contributed by atoms with Gasteiger partial charge in [0.1, 0.15) is 5.75 Å². The van der Waals surface area contributed by atoms with Crippen LogP contribution in [0.5, 0.6) is 5.75 Å². The van der Waals surface area contributed by atoms with Crippen LogP contribution in [0.25, 0.3) is 0 Å². The van der Waals surface area contributed by atoms with E-state index in [1.165, 1.54) is 0 Å². The van der Waals surface area contributed by atoms with Crippen molar-refractivity contribution in [2.24, 2.45) is 0 Å². The molecule has 140 valence electrons. The second kappa shape index (κ2) is 8.35. The van der Waals surface area contributed by atoms with Gasteiger partial charge in [0.15, 0.2) is 10.9 Å². The molecule has 0 saturated heterocycles. The minimum Gasteiger partial charge on any atom is -0.496 e. The number of para-hydroxylation sites is 1. The number of allylic oxidation sites excluding steroid dienone is 1. The zero-order valence-electron chi connectivity index (χ0n) is 15.9. The lowest BCUT2D eigenvalue weighted by Gasteiger charge is -2.38. The summed E-state index contributed by atoms with van der Waals surface area (Å²) in [5.41, 5.74) is 3.16. The van der Waals surface area contributed by atoms with E-state index >= 15 is 0 Å². The van der Waals surface area contributed by atoms with Gasteiger partial charge in [0, 0.05) is 28.9 Å². The van der Waals surface area contributed by atoms with E-state index in [0.29, 0.717) is 16.2 Å². The third-order valence-electron chi connectivity index (χ3n) is 4.77. The van der Waals surface area contributed by atoms with Crippen molar-refractivity contribution in [3.8, 4) is 5.75 Å². The average Bonchev–Trinajstić information content (AvgIpc) is 2.71. The number of ketones is 1. The average molecular weight is 381 g/mol. The standard InChI is InChI=1S/C22H24N2O2S/c1-4-14-24-15(2)19(21(25)16-10-6-5-7-11-16)20(23-22(24)27)17-12-8-9-13-18(17)26-3/h5-13,20H,4,14H2,1-3H3,(H,23,27). The lowest BCUT2D eigenvalue weighted by atomic mass is 9.88. The van der Waals surface area contributed by atoms with Gasteiger partial charge in [0.25, 0.3) is 0 Å². The molecule has 0 aromatic heterocycles. The summed E-state index contributed by atoms with van der Waals surface area (Å²) in [5.74, 6) is 0.730. The highest BCUT2D eigenvalue weighted by Crippen LogP contribution is 2.36. The van der Waals surface area contributed by atoms with Crippen molar-refractivity contribution < 1.29 is 9.53 Å². The summed E-state index contributed by atoms with van der Waals surface area (Å²) in [7, 11) is 1.64. The fourth-order valence-electron chi connectivity index (χ4n) is 3.45. The smallest absolute Gasteiger partial charge is 0.193 e. The van der Waals surface area contributed by atoms with E-state index in [-0.39, 0.29) is 11.8 Å². The number of carbonyl (C=O) groups is 1. The first kappa shape index (κ1) is 19.1. The van der Waals surface area contributed by atoms with Crippen molar-refractivity contribution in [1.29, 1.82) is 0 Å². The SMILES string of the molecule is CCCN1C(=S)NC(c2ccccc2OC)C(C(=O)c2ccccc2)=C1C. The van der Waals surface area contributed by atoms with Gasteiger partial charge in [-0.05, 0) is 31.6 Å². The van der Waals surface area contributed by atoms with E-state index in [9.17, 15) is 4.79 Å². The molecule has 0 bridgehead atoms. The minimum atomic E-state index is -0.352. The normalized spacial score (nSPS) is 16.9. The molecule has 3 rings (SSSR count). The van der Waals surface area contributed by atoms with Gasteiger partial charge >= 0.3 is 0 Å². The zero-order chi connectivity index (χ0) is 19.4. The van der Waals surface area contributed by atoms with Gasteiger partial charge in [0.05, 0.1) is 13.2 Å². The van der Waals surface area contributed by atoms with E-state index in [1.54, 1.807) is 7.11 Å². The number of hydrogen-bond donors (Lipinski definition) is 1. The Bertz CT molecular complexity index is 877. The Balaban J connectivity index is 2.16. The van der Waals surface area contributed by atoms with Crippen molar-refractivity contribution in [3.05, 3.63) is 77.0 Å². The van der Waals surface area contributed by atoms with Gasteiger partial charge < -0.3 is 15.0 Å². The highest BCUT2D eigenvalue weighted by Gasteiger charge is 2.35. The highest BCUT2D eigenvalue weighted by atomic mass is 32.1. The Hall–Kier alpha value is -2.66. The van der Waals surface area contributed by atoms with Gasteiger partial charge in [-0.2, -0.15) is 0 Å². The van der Waals surface area contributed by atoms with Crippen LogP contribution in [0.2, 0.25) is 0 Å². The number of benzene rings is 2. The third kappa shape index (κ3) is 3.74. The van der Waals surface area contributed by atoms with E-state index in [2.05, 4.69) is 12.2 Å². The lowest BCUT2D eigenvalue weighted by molar-refractivity contribution is 0.102. The van der Waals surface area contributed by atoms with Crippen LogP contribution in [0.15, 0.2) is 65.9 Å². The summed E-state index contributed by atoms with van der Waals surface area (Å²) in [6.45, 7) is 4.84. The lowest BCUT2D eigenvalue weighted by Crippen LogP contribution is -2.47. The number of carbonyl (C=O) groups excluding carboxylic acids is 1. The Labute approximate surface area is 165 Å². The molecule has 0 saturated carbocycles. The van der Waals surface area contributed by atoms with Gasteiger partial charge in [-0.3, -0.25) is 4.79 Å². The summed E-state index contributed by atoms with van der Waals surface area (Å²) in [6.07, 6.45) is 0.936. The Morgan fingerprint density at radius 3 is 2.48 bits per heavy atom. The molecule has 0 spiro atoms. The van der Waals surface area contributed by atoms with Crippen LogP contribution in [0.3, 0.4) is 0 Å². The van der Waals surface area contributed by atoms with Crippen molar-refractivity contribution in [2.75, 3.05) is 13.7 Å². The molecule has 0 fully saturated rings. The number of thiocarbonyl (C=S) groups is 1. The molecule has 0 amide bonds. The molecule has 1 unspecified atom stereocenters. The monoisotopic (exact) mass is 380 g/mol. The second-order valence-corrected chi connectivity index (χ2v) is 6.86. The number of nitrogens with zero attached hydrogens (tertiary/aromatic N) is 1. The summed E-state index contributed by atoms with van der Waals surface area (Å²) < 4.78 is 5.55. The van der Waals surface area contributed by atoms with Crippen molar-refractivity contribution in [2.45, 2.75) is 26.3 Å². The van der Waals surface area contributed by atoms with Crippen LogP contribution in [-0.2, 0) is 0 Å². The fraction of sp³-hybridized carbons (Fsp3) is 0.273. The van der Waals surface area contributed by atoms with Gasteiger partial charge in [0.2, 0.25) is 0 Å². The number of Topliss-reactive ketones (excluding diaryl/α,β-unsaturated/α-hetero) is 1. The van der Waals surface area contributed by atoms with E-state index in [1.807, 2.05) is 66.4 Å². The predicted molar refractivity (Wildman–Crippen MR) is 112 cm³/mol. The summed E-state index contributed by atoms with van der Waals surface area (Å²) in [6, 6.07) is 16.7. The maximum Gasteiger partial charge on any atom is 0.193 e.